The second kappa shape index (κ2) is 5.41. The second-order valence-corrected chi connectivity index (χ2v) is 5.95. The molecule has 2 aromatic rings. The average Bonchev–Trinajstić information content (AvgIpc) is 2.98. The van der Waals surface area contributed by atoms with Crippen molar-refractivity contribution in [1.82, 2.24) is 0 Å². The van der Waals surface area contributed by atoms with Crippen LogP contribution in [0.3, 0.4) is 0 Å². The van der Waals surface area contributed by atoms with Crippen molar-refractivity contribution in [1.29, 1.82) is 0 Å². The van der Waals surface area contributed by atoms with Crippen LogP contribution in [-0.2, 0) is 11.3 Å². The van der Waals surface area contributed by atoms with Gasteiger partial charge in [0.05, 0.1) is 23.8 Å². The molecule has 1 fully saturated rings. The van der Waals surface area contributed by atoms with Gasteiger partial charge in [0.1, 0.15) is 0 Å². The first-order valence-corrected chi connectivity index (χ1v) is 7.85. The van der Waals surface area contributed by atoms with E-state index >= 15 is 0 Å². The lowest BCUT2D eigenvalue weighted by atomic mass is 10.0. The number of para-hydroxylation sites is 2. The molecule has 3 heteroatoms. The van der Waals surface area contributed by atoms with E-state index in [-0.39, 0.29) is 11.8 Å². The zero-order valence-electron chi connectivity index (χ0n) is 12.4. The van der Waals surface area contributed by atoms with Gasteiger partial charge in [-0.05, 0) is 37.0 Å². The van der Waals surface area contributed by atoms with E-state index in [4.69, 9.17) is 4.99 Å². The van der Waals surface area contributed by atoms with E-state index in [1.165, 1.54) is 0 Å². The van der Waals surface area contributed by atoms with Crippen LogP contribution in [0.25, 0.3) is 0 Å². The van der Waals surface area contributed by atoms with Gasteiger partial charge in [-0.1, -0.05) is 42.5 Å². The monoisotopic (exact) mass is 290 g/mol. The Labute approximate surface area is 130 Å². The highest BCUT2D eigenvalue weighted by molar-refractivity contribution is 6.14. The van der Waals surface area contributed by atoms with Gasteiger partial charge in [0.2, 0.25) is 5.91 Å². The number of carbonyl (C=O) groups excluding carboxylic acids is 1. The average molecular weight is 290 g/mol. The number of hydrogen-bond acceptors (Lipinski definition) is 2. The number of carbonyl (C=O) groups is 1. The van der Waals surface area contributed by atoms with Gasteiger partial charge in [-0.25, -0.2) is 0 Å². The topological polar surface area (TPSA) is 32.7 Å². The number of benzene rings is 2. The Hall–Kier alpha value is -2.42. The highest BCUT2D eigenvalue weighted by Gasteiger charge is 2.36. The molecule has 0 saturated heterocycles. The molecule has 1 amide bonds. The predicted molar refractivity (Wildman–Crippen MR) is 88.5 cm³/mol. The molecule has 2 aromatic carbocycles. The maximum atomic E-state index is 13.0. The van der Waals surface area contributed by atoms with Crippen LogP contribution in [0.1, 0.15) is 24.8 Å². The Morgan fingerprint density at radius 3 is 2.68 bits per heavy atom. The minimum Gasteiger partial charge on any atom is -0.305 e. The van der Waals surface area contributed by atoms with Crippen molar-refractivity contribution in [3.05, 3.63) is 60.2 Å². The zero-order valence-corrected chi connectivity index (χ0v) is 12.4. The number of fused-ring (bicyclic) bond motifs is 2. The van der Waals surface area contributed by atoms with Crippen LogP contribution in [0.4, 0.5) is 11.4 Å². The van der Waals surface area contributed by atoms with Gasteiger partial charge in [-0.15, -0.1) is 0 Å². The molecule has 0 N–H and O–H groups in total. The maximum absolute atomic E-state index is 13.0. The largest absolute Gasteiger partial charge is 0.305 e. The van der Waals surface area contributed by atoms with Crippen LogP contribution in [0.5, 0.6) is 0 Å². The lowest BCUT2D eigenvalue weighted by Gasteiger charge is -2.25. The zero-order chi connectivity index (χ0) is 14.9. The molecule has 0 unspecified atom stereocenters. The van der Waals surface area contributed by atoms with E-state index in [9.17, 15) is 4.79 Å². The van der Waals surface area contributed by atoms with Crippen LogP contribution in [0.2, 0.25) is 0 Å². The molecule has 1 aliphatic carbocycles. The molecule has 1 aliphatic heterocycles. The summed E-state index contributed by atoms with van der Waals surface area (Å²) in [5.41, 5.74) is 4.06. The fourth-order valence-electron chi connectivity index (χ4n) is 3.41. The smallest absolute Gasteiger partial charge is 0.236 e. The van der Waals surface area contributed by atoms with Crippen molar-refractivity contribution >= 4 is 23.0 Å². The first kappa shape index (κ1) is 13.3. The van der Waals surface area contributed by atoms with Crippen molar-refractivity contribution in [3.8, 4) is 0 Å². The molecule has 0 spiro atoms. The molecule has 1 heterocycles. The number of anilines is 1. The summed E-state index contributed by atoms with van der Waals surface area (Å²) in [6, 6.07) is 18.1. The third kappa shape index (κ3) is 2.23. The molecule has 1 atom stereocenters. The summed E-state index contributed by atoms with van der Waals surface area (Å²) in [6.07, 6.45) is 2.94. The number of aliphatic imine (C=N–C) groups is 1. The Morgan fingerprint density at radius 1 is 1.05 bits per heavy atom. The van der Waals surface area contributed by atoms with Gasteiger partial charge in [0.15, 0.2) is 0 Å². The lowest BCUT2D eigenvalue weighted by Crippen LogP contribution is -2.36. The highest BCUT2D eigenvalue weighted by atomic mass is 16.2. The molecule has 3 nitrogen and oxygen atoms in total. The van der Waals surface area contributed by atoms with Crippen LogP contribution < -0.4 is 4.90 Å². The lowest BCUT2D eigenvalue weighted by molar-refractivity contribution is -0.120. The Bertz CT molecular complexity index is 736. The summed E-state index contributed by atoms with van der Waals surface area (Å²) in [6.45, 7) is 0.607. The molecular formula is C19H18N2O. The van der Waals surface area contributed by atoms with Crippen LogP contribution in [-0.4, -0.2) is 11.6 Å². The van der Waals surface area contributed by atoms with Crippen molar-refractivity contribution in [2.45, 2.75) is 25.8 Å². The Balaban J connectivity index is 1.78. The number of rotatable bonds is 2. The molecule has 0 bridgehead atoms. The molecule has 4 rings (SSSR count). The number of hydrogen-bond donors (Lipinski definition) is 0. The molecule has 22 heavy (non-hydrogen) atoms. The first-order valence-electron chi connectivity index (χ1n) is 7.85. The summed E-state index contributed by atoms with van der Waals surface area (Å²) in [5.74, 6) is 0.168. The van der Waals surface area contributed by atoms with Gasteiger partial charge in [-0.2, -0.15) is 0 Å². The fraction of sp³-hybridized carbons (Fsp3) is 0.263. The Morgan fingerprint density at radius 2 is 1.82 bits per heavy atom. The summed E-state index contributed by atoms with van der Waals surface area (Å²) in [5, 5.41) is 0. The normalized spacial score (nSPS) is 20.2. The van der Waals surface area contributed by atoms with E-state index in [1.54, 1.807) is 0 Å². The quantitative estimate of drug-likeness (QED) is 0.819. The number of amides is 1. The summed E-state index contributed by atoms with van der Waals surface area (Å²) in [4.78, 5) is 19.8. The third-order valence-electron chi connectivity index (χ3n) is 4.51. The SMILES string of the molecule is O=C1[C@@H]2CCCC2=Nc2ccccc2N1Cc1ccccc1. The predicted octanol–water partition coefficient (Wildman–Crippen LogP) is 4.11. The fourth-order valence-corrected chi connectivity index (χ4v) is 3.41. The van der Waals surface area contributed by atoms with E-state index in [0.717, 1.165) is 41.9 Å². The van der Waals surface area contributed by atoms with Crippen LogP contribution in [0.15, 0.2) is 59.6 Å². The van der Waals surface area contributed by atoms with Crippen LogP contribution in [0, 0.1) is 5.92 Å². The second-order valence-electron chi connectivity index (χ2n) is 5.95. The molecule has 2 aliphatic rings. The van der Waals surface area contributed by atoms with Gasteiger partial charge >= 0.3 is 0 Å². The molecule has 1 saturated carbocycles. The Kier molecular flexibility index (Phi) is 3.26. The molecule has 110 valence electrons. The van der Waals surface area contributed by atoms with Crippen LogP contribution >= 0.6 is 0 Å². The van der Waals surface area contributed by atoms with Gasteiger partial charge in [-0.3, -0.25) is 9.79 Å². The summed E-state index contributed by atoms with van der Waals surface area (Å²) >= 11 is 0. The van der Waals surface area contributed by atoms with Crippen molar-refractivity contribution in [2.24, 2.45) is 10.9 Å². The van der Waals surface area contributed by atoms with Gasteiger partial charge in [0, 0.05) is 5.71 Å². The minimum atomic E-state index is -0.0314. The third-order valence-corrected chi connectivity index (χ3v) is 4.51. The molecule has 0 radical (unpaired) electrons. The molecule has 0 aromatic heterocycles. The van der Waals surface area contributed by atoms with Crippen molar-refractivity contribution in [3.63, 3.8) is 0 Å². The molecular weight excluding hydrogens is 272 g/mol. The van der Waals surface area contributed by atoms with E-state index in [0.29, 0.717) is 6.54 Å². The summed E-state index contributed by atoms with van der Waals surface area (Å²) in [7, 11) is 0. The summed E-state index contributed by atoms with van der Waals surface area (Å²) < 4.78 is 0. The standard InChI is InChI=1S/C19H18N2O/c22-19-15-9-6-11-16(15)20-17-10-4-5-12-18(17)21(19)13-14-7-2-1-3-8-14/h1-5,7-8,10,12,15H,6,9,11,13H2/t15-/m1/s1. The number of nitrogens with zero attached hydrogens (tertiary/aromatic N) is 2. The highest BCUT2D eigenvalue weighted by Crippen LogP contribution is 2.38. The maximum Gasteiger partial charge on any atom is 0.236 e. The van der Waals surface area contributed by atoms with Crippen molar-refractivity contribution in [2.75, 3.05) is 4.90 Å². The first-order chi connectivity index (χ1) is 10.8. The van der Waals surface area contributed by atoms with E-state index in [1.807, 2.05) is 47.4 Å². The minimum absolute atomic E-state index is 0.0314. The van der Waals surface area contributed by atoms with Crippen molar-refractivity contribution < 1.29 is 4.79 Å². The van der Waals surface area contributed by atoms with Gasteiger partial charge < -0.3 is 4.90 Å². The van der Waals surface area contributed by atoms with E-state index < -0.39 is 0 Å². The van der Waals surface area contributed by atoms with Gasteiger partial charge in [0.25, 0.3) is 0 Å². The van der Waals surface area contributed by atoms with E-state index in [2.05, 4.69) is 12.1 Å².